The number of carbonyl (C=O) groups excluding carboxylic acids is 2. The fraction of sp³-hybridized carbons (Fsp3) is 0. The topological polar surface area (TPSA) is 85.7 Å². The van der Waals surface area contributed by atoms with E-state index in [0.717, 1.165) is 0 Å². The highest BCUT2D eigenvalue weighted by atomic mass is 16.1. The van der Waals surface area contributed by atoms with Gasteiger partial charge in [0.15, 0.2) is 0 Å². The standard InChI is InChI=1S/C14H6N4O2/c19-13-7-5-15-16-6-8(7)14(20)12-11(13)17-9-3-1-2-4-10(9)18-12/h1-6H. The number of nitrogens with zero attached hydrogens (tertiary/aromatic N) is 4. The molecule has 1 aromatic carbocycles. The lowest BCUT2D eigenvalue weighted by Crippen LogP contribution is -2.24. The number of rotatable bonds is 0. The van der Waals surface area contributed by atoms with Gasteiger partial charge in [-0.15, -0.1) is 0 Å². The maximum atomic E-state index is 12.4. The van der Waals surface area contributed by atoms with E-state index in [0.29, 0.717) is 11.0 Å². The summed E-state index contributed by atoms with van der Waals surface area (Å²) >= 11 is 0. The summed E-state index contributed by atoms with van der Waals surface area (Å²) in [6.45, 7) is 0. The van der Waals surface area contributed by atoms with E-state index in [4.69, 9.17) is 0 Å². The van der Waals surface area contributed by atoms with Crippen LogP contribution in [0.15, 0.2) is 36.7 Å². The second kappa shape index (κ2) is 3.74. The molecule has 0 saturated heterocycles. The van der Waals surface area contributed by atoms with Crippen molar-refractivity contribution in [2.24, 2.45) is 0 Å². The number of carbonyl (C=O) groups is 2. The molecule has 6 nitrogen and oxygen atoms in total. The maximum absolute atomic E-state index is 12.4. The summed E-state index contributed by atoms with van der Waals surface area (Å²) in [6, 6.07) is 7.11. The Morgan fingerprint density at radius 2 is 1.15 bits per heavy atom. The van der Waals surface area contributed by atoms with E-state index in [1.54, 1.807) is 24.3 Å². The van der Waals surface area contributed by atoms with E-state index in [1.807, 2.05) is 0 Å². The summed E-state index contributed by atoms with van der Waals surface area (Å²) in [7, 11) is 0. The van der Waals surface area contributed by atoms with Crippen molar-refractivity contribution in [3.8, 4) is 0 Å². The minimum absolute atomic E-state index is 0.0780. The first-order valence-electron chi connectivity index (χ1n) is 5.92. The predicted octanol–water partition coefficient (Wildman–Crippen LogP) is 1.20. The third-order valence-electron chi connectivity index (χ3n) is 3.22. The van der Waals surface area contributed by atoms with Crippen molar-refractivity contribution in [3.05, 3.63) is 59.2 Å². The molecule has 6 heteroatoms. The Bertz CT molecular complexity index is 831. The molecule has 94 valence electrons. The first kappa shape index (κ1) is 10.9. The van der Waals surface area contributed by atoms with Crippen LogP contribution in [0.25, 0.3) is 11.0 Å². The van der Waals surface area contributed by atoms with Gasteiger partial charge in [0.1, 0.15) is 11.4 Å². The van der Waals surface area contributed by atoms with Crippen LogP contribution < -0.4 is 0 Å². The molecular formula is C14H6N4O2. The number of aromatic nitrogens is 4. The second-order valence-electron chi connectivity index (χ2n) is 4.38. The fourth-order valence-electron chi connectivity index (χ4n) is 2.25. The lowest BCUT2D eigenvalue weighted by Gasteiger charge is -2.14. The van der Waals surface area contributed by atoms with Crippen LogP contribution in [-0.2, 0) is 0 Å². The van der Waals surface area contributed by atoms with E-state index in [1.165, 1.54) is 12.4 Å². The third kappa shape index (κ3) is 1.33. The van der Waals surface area contributed by atoms with E-state index < -0.39 is 0 Å². The van der Waals surface area contributed by atoms with Gasteiger partial charge in [0, 0.05) is 0 Å². The van der Waals surface area contributed by atoms with Gasteiger partial charge in [-0.2, -0.15) is 10.2 Å². The zero-order valence-corrected chi connectivity index (χ0v) is 10.1. The van der Waals surface area contributed by atoms with Crippen molar-refractivity contribution in [2.75, 3.05) is 0 Å². The Kier molecular flexibility index (Phi) is 2.03. The lowest BCUT2D eigenvalue weighted by atomic mass is 9.92. The third-order valence-corrected chi connectivity index (χ3v) is 3.22. The SMILES string of the molecule is O=C1c2cnncc2C(=O)c2nc3ccccc3nc21. The van der Waals surface area contributed by atoms with Crippen LogP contribution in [0.4, 0.5) is 0 Å². The highest BCUT2D eigenvalue weighted by molar-refractivity contribution is 6.27. The summed E-state index contributed by atoms with van der Waals surface area (Å²) in [4.78, 5) is 33.3. The Hall–Kier alpha value is -3.02. The van der Waals surface area contributed by atoms with Crippen LogP contribution in [-0.4, -0.2) is 31.7 Å². The lowest BCUT2D eigenvalue weighted by molar-refractivity contribution is 0.0971. The maximum Gasteiger partial charge on any atom is 0.216 e. The number of hydrogen-bond acceptors (Lipinski definition) is 6. The summed E-state index contributed by atoms with van der Waals surface area (Å²) < 4.78 is 0. The van der Waals surface area contributed by atoms with Gasteiger partial charge in [-0.05, 0) is 12.1 Å². The largest absolute Gasteiger partial charge is 0.287 e. The van der Waals surface area contributed by atoms with Crippen LogP contribution in [0.5, 0.6) is 0 Å². The molecule has 0 fully saturated rings. The molecule has 0 N–H and O–H groups in total. The number of hydrogen-bond donors (Lipinski definition) is 0. The van der Waals surface area contributed by atoms with Gasteiger partial charge in [0.25, 0.3) is 0 Å². The molecule has 0 amide bonds. The molecule has 0 bridgehead atoms. The van der Waals surface area contributed by atoms with Crippen molar-refractivity contribution in [2.45, 2.75) is 0 Å². The van der Waals surface area contributed by atoms with Crippen molar-refractivity contribution in [3.63, 3.8) is 0 Å². The van der Waals surface area contributed by atoms with Crippen molar-refractivity contribution < 1.29 is 9.59 Å². The number of para-hydroxylation sites is 2. The number of benzene rings is 1. The molecule has 0 radical (unpaired) electrons. The normalized spacial score (nSPS) is 13.2. The van der Waals surface area contributed by atoms with Gasteiger partial charge in [-0.3, -0.25) is 9.59 Å². The van der Waals surface area contributed by atoms with Gasteiger partial charge < -0.3 is 0 Å². The molecule has 0 atom stereocenters. The van der Waals surface area contributed by atoms with Crippen molar-refractivity contribution in [1.82, 2.24) is 20.2 Å². The molecule has 1 aliphatic carbocycles. The van der Waals surface area contributed by atoms with Gasteiger partial charge in [-0.1, -0.05) is 12.1 Å². The molecule has 3 aromatic rings. The summed E-state index contributed by atoms with van der Waals surface area (Å²) in [5.41, 5.74) is 1.77. The summed E-state index contributed by atoms with van der Waals surface area (Å²) in [5, 5.41) is 7.29. The van der Waals surface area contributed by atoms with Gasteiger partial charge in [-0.25, -0.2) is 9.97 Å². The van der Waals surface area contributed by atoms with Gasteiger partial charge in [0.2, 0.25) is 11.6 Å². The Balaban J connectivity index is 2.08. The smallest absolute Gasteiger partial charge is 0.216 e. The molecule has 0 spiro atoms. The molecule has 2 aromatic heterocycles. The average Bonchev–Trinajstić information content (AvgIpc) is 2.51. The molecule has 0 unspecified atom stereocenters. The monoisotopic (exact) mass is 262 g/mol. The molecule has 4 rings (SSSR count). The first-order valence-corrected chi connectivity index (χ1v) is 5.92. The summed E-state index contributed by atoms with van der Waals surface area (Å²) in [5.74, 6) is -0.689. The van der Waals surface area contributed by atoms with Crippen molar-refractivity contribution in [1.29, 1.82) is 0 Å². The Morgan fingerprint density at radius 1 is 0.700 bits per heavy atom. The minimum atomic E-state index is -0.345. The second-order valence-corrected chi connectivity index (χ2v) is 4.38. The number of ketones is 2. The molecule has 0 aliphatic heterocycles. The minimum Gasteiger partial charge on any atom is -0.287 e. The molecular weight excluding hydrogens is 256 g/mol. The molecule has 1 aliphatic rings. The highest BCUT2D eigenvalue weighted by Crippen LogP contribution is 2.25. The Morgan fingerprint density at radius 3 is 1.60 bits per heavy atom. The van der Waals surface area contributed by atoms with E-state index >= 15 is 0 Å². The first-order chi connectivity index (χ1) is 9.75. The van der Waals surface area contributed by atoms with Crippen LogP contribution in [0.3, 0.4) is 0 Å². The van der Waals surface area contributed by atoms with E-state index in [2.05, 4.69) is 20.2 Å². The molecule has 2 heterocycles. The number of fused-ring (bicyclic) bond motifs is 3. The van der Waals surface area contributed by atoms with Gasteiger partial charge >= 0.3 is 0 Å². The molecule has 0 saturated carbocycles. The van der Waals surface area contributed by atoms with Crippen LogP contribution in [0.1, 0.15) is 32.1 Å². The fourth-order valence-corrected chi connectivity index (χ4v) is 2.25. The van der Waals surface area contributed by atoms with Gasteiger partial charge in [0.05, 0.1) is 34.6 Å². The average molecular weight is 262 g/mol. The van der Waals surface area contributed by atoms with Crippen LogP contribution in [0.2, 0.25) is 0 Å². The van der Waals surface area contributed by atoms with Crippen LogP contribution >= 0.6 is 0 Å². The Labute approximate surface area is 112 Å². The predicted molar refractivity (Wildman–Crippen MR) is 68.4 cm³/mol. The highest BCUT2D eigenvalue weighted by Gasteiger charge is 2.33. The van der Waals surface area contributed by atoms with Crippen LogP contribution in [0, 0.1) is 0 Å². The quantitative estimate of drug-likeness (QED) is 0.473. The van der Waals surface area contributed by atoms with E-state index in [-0.39, 0.29) is 34.1 Å². The summed E-state index contributed by atoms with van der Waals surface area (Å²) in [6.07, 6.45) is 2.57. The van der Waals surface area contributed by atoms with Crippen molar-refractivity contribution >= 4 is 22.6 Å². The molecule has 20 heavy (non-hydrogen) atoms. The zero-order chi connectivity index (χ0) is 13.7. The van der Waals surface area contributed by atoms with E-state index in [9.17, 15) is 9.59 Å². The zero-order valence-electron chi connectivity index (χ0n) is 10.1.